The van der Waals surface area contributed by atoms with Crippen molar-refractivity contribution in [2.75, 3.05) is 6.61 Å². The molecule has 1 aromatic rings. The summed E-state index contributed by atoms with van der Waals surface area (Å²) in [4.78, 5) is 0. The van der Waals surface area contributed by atoms with Crippen molar-refractivity contribution in [1.82, 2.24) is 0 Å². The van der Waals surface area contributed by atoms with Crippen LogP contribution in [0.2, 0.25) is 0 Å². The van der Waals surface area contributed by atoms with Gasteiger partial charge in [0.25, 0.3) is 0 Å². The summed E-state index contributed by atoms with van der Waals surface area (Å²) in [5.41, 5.74) is 2.47. The zero-order chi connectivity index (χ0) is 14.9. The molecule has 0 atom stereocenters. The van der Waals surface area contributed by atoms with Crippen LogP contribution in [-0.2, 0) is 0 Å². The number of rotatable bonds is 5. The summed E-state index contributed by atoms with van der Waals surface area (Å²) in [5, 5.41) is 8.71. The van der Waals surface area contributed by atoms with Crippen molar-refractivity contribution < 1.29 is 5.11 Å². The molecule has 0 radical (unpaired) electrons. The number of hydrogen-bond acceptors (Lipinski definition) is 1. The molecular formula is C20H28O. The van der Waals surface area contributed by atoms with Crippen molar-refractivity contribution in [1.29, 1.82) is 0 Å². The fourth-order valence-electron chi connectivity index (χ4n) is 3.45. The van der Waals surface area contributed by atoms with Crippen LogP contribution in [0.25, 0.3) is 0 Å². The van der Waals surface area contributed by atoms with Crippen molar-refractivity contribution in [3.05, 3.63) is 35.4 Å². The fraction of sp³-hybridized carbons (Fsp3) is 0.600. The minimum absolute atomic E-state index is 0.0657. The minimum Gasteiger partial charge on any atom is -0.384 e. The first-order chi connectivity index (χ1) is 10.3. The Kier molecular flexibility index (Phi) is 6.83. The predicted octanol–water partition coefficient (Wildman–Crippen LogP) is 4.88. The maximum Gasteiger partial charge on any atom is 0.104 e. The lowest BCUT2D eigenvalue weighted by Crippen LogP contribution is -2.13. The van der Waals surface area contributed by atoms with Crippen LogP contribution in [0.1, 0.15) is 75.3 Å². The highest BCUT2D eigenvalue weighted by Crippen LogP contribution is 2.37. The molecule has 2 rings (SSSR count). The van der Waals surface area contributed by atoms with Crippen LogP contribution in [0, 0.1) is 17.8 Å². The summed E-state index contributed by atoms with van der Waals surface area (Å²) < 4.78 is 0. The third-order valence-electron chi connectivity index (χ3n) is 4.76. The third kappa shape index (κ3) is 5.21. The smallest absolute Gasteiger partial charge is 0.104 e. The quantitative estimate of drug-likeness (QED) is 0.603. The van der Waals surface area contributed by atoms with E-state index in [9.17, 15) is 0 Å². The molecular weight excluding hydrogens is 256 g/mol. The van der Waals surface area contributed by atoms with Gasteiger partial charge in [0.15, 0.2) is 0 Å². The Morgan fingerprint density at radius 2 is 1.76 bits per heavy atom. The van der Waals surface area contributed by atoms with Crippen LogP contribution < -0.4 is 0 Å². The maximum absolute atomic E-state index is 8.71. The molecule has 1 aliphatic carbocycles. The van der Waals surface area contributed by atoms with Crippen LogP contribution in [0.4, 0.5) is 0 Å². The molecule has 1 fully saturated rings. The Morgan fingerprint density at radius 1 is 1.05 bits per heavy atom. The van der Waals surface area contributed by atoms with Gasteiger partial charge in [-0.2, -0.15) is 0 Å². The molecule has 0 unspecified atom stereocenters. The molecule has 0 bridgehead atoms. The molecule has 1 saturated carbocycles. The van der Waals surface area contributed by atoms with E-state index in [-0.39, 0.29) is 6.61 Å². The van der Waals surface area contributed by atoms with Gasteiger partial charge in [-0.05, 0) is 55.2 Å². The lowest BCUT2D eigenvalue weighted by Gasteiger charge is -2.29. The van der Waals surface area contributed by atoms with Gasteiger partial charge in [0, 0.05) is 5.56 Å². The zero-order valence-electron chi connectivity index (χ0n) is 13.3. The second-order valence-electron chi connectivity index (χ2n) is 6.30. The Hall–Kier alpha value is -1.26. The number of benzene rings is 1. The first-order valence-corrected chi connectivity index (χ1v) is 8.53. The summed E-state index contributed by atoms with van der Waals surface area (Å²) in [6.07, 6.45) is 11.1. The van der Waals surface area contributed by atoms with Crippen LogP contribution in [0.5, 0.6) is 0 Å². The van der Waals surface area contributed by atoms with E-state index in [1.165, 1.54) is 56.9 Å². The van der Waals surface area contributed by atoms with Gasteiger partial charge >= 0.3 is 0 Å². The number of unbranched alkanes of at least 4 members (excludes halogenated alkanes) is 2. The van der Waals surface area contributed by atoms with Gasteiger partial charge in [-0.1, -0.05) is 56.6 Å². The lowest BCUT2D eigenvalue weighted by molar-refractivity contribution is 0.303. The molecule has 0 saturated heterocycles. The Morgan fingerprint density at radius 3 is 2.38 bits per heavy atom. The molecule has 1 heteroatoms. The predicted molar refractivity (Wildman–Crippen MR) is 89.2 cm³/mol. The van der Waals surface area contributed by atoms with Crippen LogP contribution in [-0.4, -0.2) is 11.7 Å². The first kappa shape index (κ1) is 16.1. The first-order valence-electron chi connectivity index (χ1n) is 8.53. The highest BCUT2D eigenvalue weighted by Gasteiger charge is 2.21. The molecule has 1 aromatic carbocycles. The summed E-state index contributed by atoms with van der Waals surface area (Å²) in [6, 6.07) is 8.63. The molecule has 1 aliphatic rings. The van der Waals surface area contributed by atoms with Gasteiger partial charge in [0.1, 0.15) is 6.61 Å². The van der Waals surface area contributed by atoms with Gasteiger partial charge in [-0.3, -0.25) is 0 Å². The third-order valence-corrected chi connectivity index (χ3v) is 4.76. The van der Waals surface area contributed by atoms with E-state index < -0.39 is 0 Å². The van der Waals surface area contributed by atoms with E-state index in [1.54, 1.807) is 0 Å². The van der Waals surface area contributed by atoms with Crippen LogP contribution >= 0.6 is 0 Å². The number of aliphatic hydroxyl groups excluding tert-OH is 1. The van der Waals surface area contributed by atoms with E-state index in [0.717, 1.165) is 17.4 Å². The molecule has 114 valence electrons. The average molecular weight is 284 g/mol. The van der Waals surface area contributed by atoms with Gasteiger partial charge in [-0.15, -0.1) is 0 Å². The summed E-state index contributed by atoms with van der Waals surface area (Å²) in [5.74, 6) is 7.38. The molecule has 0 aromatic heterocycles. The van der Waals surface area contributed by atoms with Crippen molar-refractivity contribution in [2.24, 2.45) is 5.92 Å². The monoisotopic (exact) mass is 284 g/mol. The topological polar surface area (TPSA) is 20.2 Å². The van der Waals surface area contributed by atoms with Crippen molar-refractivity contribution in [3.8, 4) is 11.8 Å². The number of hydrogen-bond donors (Lipinski definition) is 1. The van der Waals surface area contributed by atoms with Gasteiger partial charge in [0.2, 0.25) is 0 Å². The lowest BCUT2D eigenvalue weighted by atomic mass is 9.77. The standard InChI is InChI=1S/C20H28O/c1-2-3-4-6-17-8-12-19(13-9-17)20-14-10-18(11-15-20)7-5-16-21/h10-11,14-15,17,19,21H,2-4,6,8-9,12-13,16H2,1H3/t17-,19-. The van der Waals surface area contributed by atoms with Crippen molar-refractivity contribution >= 4 is 0 Å². The van der Waals surface area contributed by atoms with E-state index in [4.69, 9.17) is 5.11 Å². The fourth-order valence-corrected chi connectivity index (χ4v) is 3.45. The number of aliphatic hydroxyl groups is 1. The minimum atomic E-state index is -0.0657. The van der Waals surface area contributed by atoms with Gasteiger partial charge < -0.3 is 5.11 Å². The van der Waals surface area contributed by atoms with E-state index in [1.807, 2.05) is 0 Å². The van der Waals surface area contributed by atoms with Crippen molar-refractivity contribution in [2.45, 2.75) is 64.2 Å². The van der Waals surface area contributed by atoms with Gasteiger partial charge in [0.05, 0.1) is 0 Å². The Balaban J connectivity index is 1.81. The second-order valence-corrected chi connectivity index (χ2v) is 6.30. The van der Waals surface area contributed by atoms with E-state index >= 15 is 0 Å². The molecule has 1 N–H and O–H groups in total. The maximum atomic E-state index is 8.71. The summed E-state index contributed by atoms with van der Waals surface area (Å²) in [7, 11) is 0. The molecule has 0 heterocycles. The largest absolute Gasteiger partial charge is 0.384 e. The second kappa shape index (κ2) is 8.90. The van der Waals surface area contributed by atoms with E-state index in [2.05, 4.69) is 43.0 Å². The summed E-state index contributed by atoms with van der Waals surface area (Å²) in [6.45, 7) is 2.22. The van der Waals surface area contributed by atoms with Gasteiger partial charge in [-0.25, -0.2) is 0 Å². The highest BCUT2D eigenvalue weighted by atomic mass is 16.2. The van der Waals surface area contributed by atoms with Crippen LogP contribution in [0.3, 0.4) is 0 Å². The highest BCUT2D eigenvalue weighted by molar-refractivity contribution is 5.37. The Bertz CT molecular complexity index is 455. The molecule has 0 aliphatic heterocycles. The molecule has 0 amide bonds. The Labute approximate surface area is 129 Å². The SMILES string of the molecule is CCCCC[C@H]1CC[C@H](c2ccc(C#CCO)cc2)CC1. The molecule has 21 heavy (non-hydrogen) atoms. The molecule has 0 spiro atoms. The summed E-state index contributed by atoms with van der Waals surface area (Å²) >= 11 is 0. The average Bonchev–Trinajstić information content (AvgIpc) is 2.54. The van der Waals surface area contributed by atoms with Crippen LogP contribution in [0.15, 0.2) is 24.3 Å². The molecule has 1 nitrogen and oxygen atoms in total. The van der Waals surface area contributed by atoms with E-state index in [0.29, 0.717) is 0 Å². The normalized spacial score (nSPS) is 21.6. The zero-order valence-corrected chi connectivity index (χ0v) is 13.3. The van der Waals surface area contributed by atoms with Crippen molar-refractivity contribution in [3.63, 3.8) is 0 Å².